The molecule has 10 nitrogen and oxygen atoms in total. The van der Waals surface area contributed by atoms with Gasteiger partial charge in [0, 0.05) is 55.9 Å². The maximum Gasteiger partial charge on any atom is 0.387 e. The van der Waals surface area contributed by atoms with Gasteiger partial charge in [-0.15, -0.1) is 0 Å². The summed E-state index contributed by atoms with van der Waals surface area (Å²) in [4.78, 5) is 33.9. The average molecular weight is 602 g/mol. The molecule has 0 spiro atoms. The summed E-state index contributed by atoms with van der Waals surface area (Å²) in [6.07, 6.45) is 3.46. The number of anilines is 1. The summed E-state index contributed by atoms with van der Waals surface area (Å²) < 4.78 is 36.3. The first-order valence-corrected chi connectivity index (χ1v) is 14.3. The van der Waals surface area contributed by atoms with Crippen LogP contribution >= 0.6 is 11.6 Å². The van der Waals surface area contributed by atoms with E-state index in [0.717, 1.165) is 36.5 Å². The molecule has 3 aliphatic heterocycles. The fourth-order valence-electron chi connectivity index (χ4n) is 5.88. The van der Waals surface area contributed by atoms with Gasteiger partial charge in [-0.25, -0.2) is 6.57 Å². The Labute approximate surface area is 249 Å². The second-order valence-electron chi connectivity index (χ2n) is 10.8. The minimum atomic E-state index is -2.93. The van der Waals surface area contributed by atoms with Crippen LogP contribution in [0.4, 0.5) is 14.6 Å². The number of ether oxygens (including phenoxy) is 2. The monoisotopic (exact) mass is 601 g/mol. The number of fused-ring (bicyclic) bond motifs is 1. The standard InChI is InChI=1S/C29H34ClF2N7O3/c1-4-26(40)39-11-10-38(15-21(39)13-33-2)27-23-16-37(14-19-12-22(42-28(31)32)7-8-24(19)30)17-25(23)34-29(35-27)41-18-20-6-5-9-36(20)3/h4,7-8,12,20-21,28H,1,5-6,9-11,13-18H2,3H3/t20-,21-/m0/s1. The van der Waals surface area contributed by atoms with Crippen LogP contribution in [-0.2, 0) is 24.4 Å². The Bertz CT molecular complexity index is 1360. The molecule has 0 unspecified atom stereocenters. The van der Waals surface area contributed by atoms with E-state index in [1.54, 1.807) is 11.0 Å². The number of hydrogen-bond donors (Lipinski definition) is 0. The zero-order valence-corrected chi connectivity index (χ0v) is 24.3. The molecule has 0 bridgehead atoms. The second kappa shape index (κ2) is 13.2. The van der Waals surface area contributed by atoms with E-state index in [1.165, 1.54) is 18.2 Å². The van der Waals surface area contributed by atoms with E-state index in [-0.39, 0.29) is 24.2 Å². The highest BCUT2D eigenvalue weighted by molar-refractivity contribution is 6.31. The number of rotatable bonds is 10. The van der Waals surface area contributed by atoms with Gasteiger partial charge in [0.2, 0.25) is 12.5 Å². The highest BCUT2D eigenvalue weighted by atomic mass is 35.5. The lowest BCUT2D eigenvalue weighted by Gasteiger charge is -2.40. The number of alkyl halides is 2. The van der Waals surface area contributed by atoms with Gasteiger partial charge in [0.25, 0.3) is 0 Å². The van der Waals surface area contributed by atoms with Crippen molar-refractivity contribution in [2.75, 3.05) is 51.3 Å². The molecule has 5 rings (SSSR count). The van der Waals surface area contributed by atoms with Gasteiger partial charge in [-0.2, -0.15) is 18.7 Å². The average Bonchev–Trinajstić information content (AvgIpc) is 3.57. The Morgan fingerprint density at radius 1 is 1.26 bits per heavy atom. The quantitative estimate of drug-likeness (QED) is 0.300. The van der Waals surface area contributed by atoms with Crippen LogP contribution in [0.3, 0.4) is 0 Å². The van der Waals surface area contributed by atoms with Gasteiger partial charge in [0.1, 0.15) is 24.2 Å². The van der Waals surface area contributed by atoms with E-state index in [9.17, 15) is 13.6 Å². The molecule has 0 N–H and O–H groups in total. The minimum Gasteiger partial charge on any atom is -0.462 e. The van der Waals surface area contributed by atoms with Crippen LogP contribution in [0.5, 0.6) is 11.8 Å². The normalized spacial score (nSPS) is 21.0. The highest BCUT2D eigenvalue weighted by Gasteiger charge is 2.36. The van der Waals surface area contributed by atoms with Crippen molar-refractivity contribution in [2.45, 2.75) is 51.2 Å². The fraction of sp³-hybridized carbons (Fsp3) is 0.517. The maximum atomic E-state index is 12.8. The molecule has 0 radical (unpaired) electrons. The molecule has 3 aliphatic rings. The zero-order chi connectivity index (χ0) is 29.8. The Morgan fingerprint density at radius 2 is 2.10 bits per heavy atom. The second-order valence-corrected chi connectivity index (χ2v) is 11.2. The number of amides is 1. The Hall–Kier alpha value is -3.53. The van der Waals surface area contributed by atoms with Crippen LogP contribution in [0.2, 0.25) is 5.02 Å². The minimum absolute atomic E-state index is 0.0481. The molecule has 1 aromatic carbocycles. The first kappa shape index (κ1) is 29.9. The van der Waals surface area contributed by atoms with E-state index < -0.39 is 6.61 Å². The van der Waals surface area contributed by atoms with E-state index >= 15 is 0 Å². The van der Waals surface area contributed by atoms with Crippen molar-refractivity contribution in [3.05, 3.63) is 64.1 Å². The third-order valence-corrected chi connectivity index (χ3v) is 8.43. The van der Waals surface area contributed by atoms with Crippen molar-refractivity contribution < 1.29 is 23.0 Å². The number of piperazine rings is 1. The predicted octanol–water partition coefficient (Wildman–Crippen LogP) is 3.84. The molecule has 2 saturated heterocycles. The molecule has 42 heavy (non-hydrogen) atoms. The molecular weight excluding hydrogens is 568 g/mol. The van der Waals surface area contributed by atoms with Crippen LogP contribution in [0.25, 0.3) is 4.85 Å². The number of halogens is 3. The number of carbonyl (C=O) groups excluding carboxylic acids is 1. The Morgan fingerprint density at radius 3 is 2.81 bits per heavy atom. The van der Waals surface area contributed by atoms with Gasteiger partial charge in [-0.3, -0.25) is 9.69 Å². The van der Waals surface area contributed by atoms with Gasteiger partial charge in [0.05, 0.1) is 5.69 Å². The molecule has 13 heteroatoms. The summed E-state index contributed by atoms with van der Waals surface area (Å²) >= 11 is 6.42. The van der Waals surface area contributed by atoms with Crippen LogP contribution in [0, 0.1) is 6.57 Å². The van der Waals surface area contributed by atoms with Gasteiger partial charge < -0.3 is 29.0 Å². The van der Waals surface area contributed by atoms with Gasteiger partial charge in [-0.1, -0.05) is 18.2 Å². The van der Waals surface area contributed by atoms with Crippen molar-refractivity contribution in [3.8, 4) is 11.8 Å². The number of aromatic nitrogens is 2. The van der Waals surface area contributed by atoms with Crippen molar-refractivity contribution in [1.29, 1.82) is 0 Å². The van der Waals surface area contributed by atoms with Crippen LogP contribution in [0.1, 0.15) is 29.7 Å². The molecule has 2 fully saturated rings. The summed E-state index contributed by atoms with van der Waals surface area (Å²) in [5.74, 6) is 0.577. The molecule has 4 heterocycles. The van der Waals surface area contributed by atoms with E-state index in [4.69, 9.17) is 32.9 Å². The van der Waals surface area contributed by atoms with Gasteiger partial charge in [-0.05, 0) is 56.3 Å². The zero-order valence-electron chi connectivity index (χ0n) is 23.5. The van der Waals surface area contributed by atoms with Crippen molar-refractivity contribution >= 4 is 23.3 Å². The first-order chi connectivity index (χ1) is 20.2. The summed E-state index contributed by atoms with van der Waals surface area (Å²) in [5.41, 5.74) is 2.41. The topological polar surface area (TPSA) is 78.6 Å². The van der Waals surface area contributed by atoms with Gasteiger partial charge in [0.15, 0.2) is 0 Å². The number of benzene rings is 1. The Kier molecular flexibility index (Phi) is 9.40. The molecular formula is C29H34ClF2N7O3. The maximum absolute atomic E-state index is 12.8. The Balaban J connectivity index is 1.40. The smallest absolute Gasteiger partial charge is 0.387 e. The molecule has 1 amide bonds. The van der Waals surface area contributed by atoms with Crippen LogP contribution in [0.15, 0.2) is 30.9 Å². The number of hydrogen-bond acceptors (Lipinski definition) is 8. The lowest BCUT2D eigenvalue weighted by Crippen LogP contribution is -2.56. The summed E-state index contributed by atoms with van der Waals surface area (Å²) in [7, 11) is 2.09. The first-order valence-electron chi connectivity index (χ1n) is 13.9. The molecule has 0 aliphatic carbocycles. The molecule has 0 saturated carbocycles. The van der Waals surface area contributed by atoms with Crippen molar-refractivity contribution in [3.63, 3.8) is 0 Å². The summed E-state index contributed by atoms with van der Waals surface area (Å²) in [5, 5.41) is 0.452. The lowest BCUT2D eigenvalue weighted by molar-refractivity contribution is -0.128. The summed E-state index contributed by atoms with van der Waals surface area (Å²) in [6.45, 7) is 12.6. The van der Waals surface area contributed by atoms with E-state index in [2.05, 4.69) is 37.9 Å². The number of nitrogens with zero attached hydrogens (tertiary/aromatic N) is 7. The number of likely N-dealkylation sites (N-methyl/N-ethyl adjacent to an activating group) is 1. The number of carbonyl (C=O) groups is 1. The van der Waals surface area contributed by atoms with Gasteiger partial charge >= 0.3 is 12.6 Å². The van der Waals surface area contributed by atoms with Crippen molar-refractivity contribution in [1.82, 2.24) is 24.7 Å². The van der Waals surface area contributed by atoms with E-state index in [0.29, 0.717) is 68.5 Å². The third-order valence-electron chi connectivity index (χ3n) is 8.06. The fourth-order valence-corrected chi connectivity index (χ4v) is 6.06. The number of likely N-dealkylation sites (tertiary alicyclic amines) is 1. The van der Waals surface area contributed by atoms with E-state index in [1.807, 2.05) is 0 Å². The highest BCUT2D eigenvalue weighted by Crippen LogP contribution is 2.35. The third kappa shape index (κ3) is 6.75. The summed E-state index contributed by atoms with van der Waals surface area (Å²) in [6, 6.07) is 4.78. The van der Waals surface area contributed by atoms with Crippen LogP contribution in [-0.4, -0.2) is 95.6 Å². The largest absolute Gasteiger partial charge is 0.462 e. The van der Waals surface area contributed by atoms with Crippen molar-refractivity contribution in [2.24, 2.45) is 0 Å². The SMILES string of the molecule is [C-]#[N+]C[C@H]1CN(c2nc(OC[C@@H]3CCCN3C)nc3c2CN(Cc2cc(OC(F)F)ccc2Cl)C3)CCN1C(=O)C=C. The lowest BCUT2D eigenvalue weighted by atomic mass is 10.1. The van der Waals surface area contributed by atoms with Crippen LogP contribution < -0.4 is 14.4 Å². The molecule has 1 aromatic heterocycles. The molecule has 224 valence electrons. The molecule has 2 atom stereocenters. The predicted molar refractivity (Wildman–Crippen MR) is 154 cm³/mol. The molecule has 2 aromatic rings.